The van der Waals surface area contributed by atoms with Crippen LogP contribution in [-0.2, 0) is 5.41 Å². The Morgan fingerprint density at radius 1 is 1.20 bits per heavy atom. The second-order valence-electron chi connectivity index (χ2n) is 4.68. The van der Waals surface area contributed by atoms with Crippen LogP contribution in [0.15, 0.2) is 12.1 Å². The number of rotatable bonds is 3. The molecule has 84 valence electrons. The Hall–Kier alpha value is -0.630. The number of hydrogen-bond acceptors (Lipinski definition) is 2. The van der Waals surface area contributed by atoms with E-state index in [1.54, 1.807) is 7.11 Å². The minimum Gasteiger partial charge on any atom is -0.496 e. The highest BCUT2D eigenvalue weighted by Crippen LogP contribution is 2.32. The van der Waals surface area contributed by atoms with Crippen molar-refractivity contribution in [1.29, 1.82) is 0 Å². The first-order valence-corrected chi connectivity index (χ1v) is 5.82. The van der Waals surface area contributed by atoms with Crippen LogP contribution >= 0.6 is 12.6 Å². The molecule has 1 rings (SSSR count). The van der Waals surface area contributed by atoms with Gasteiger partial charge < -0.3 is 4.74 Å². The summed E-state index contributed by atoms with van der Waals surface area (Å²) < 4.78 is 5.31. The molecule has 1 aromatic carbocycles. The van der Waals surface area contributed by atoms with E-state index >= 15 is 0 Å². The van der Waals surface area contributed by atoms with Crippen molar-refractivity contribution >= 4 is 12.6 Å². The minimum atomic E-state index is 0.115. The van der Waals surface area contributed by atoms with Crippen molar-refractivity contribution in [2.45, 2.75) is 33.1 Å². The fourth-order valence-electron chi connectivity index (χ4n) is 1.82. The zero-order valence-corrected chi connectivity index (χ0v) is 11.1. The Morgan fingerprint density at radius 2 is 1.80 bits per heavy atom. The number of benzene rings is 1. The van der Waals surface area contributed by atoms with Gasteiger partial charge in [0.1, 0.15) is 5.75 Å². The third kappa shape index (κ3) is 2.49. The first-order chi connectivity index (χ1) is 6.92. The lowest BCUT2D eigenvalue weighted by molar-refractivity contribution is 0.410. The van der Waals surface area contributed by atoms with Gasteiger partial charge in [-0.25, -0.2) is 0 Å². The van der Waals surface area contributed by atoms with Gasteiger partial charge in [-0.3, -0.25) is 0 Å². The van der Waals surface area contributed by atoms with Gasteiger partial charge in [0.25, 0.3) is 0 Å². The van der Waals surface area contributed by atoms with Gasteiger partial charge in [-0.2, -0.15) is 12.6 Å². The molecule has 0 heterocycles. The van der Waals surface area contributed by atoms with E-state index in [-0.39, 0.29) is 5.41 Å². The van der Waals surface area contributed by atoms with E-state index in [4.69, 9.17) is 4.74 Å². The Morgan fingerprint density at radius 3 is 2.27 bits per heavy atom. The monoisotopic (exact) mass is 224 g/mol. The Kier molecular flexibility index (Phi) is 3.72. The van der Waals surface area contributed by atoms with Gasteiger partial charge in [-0.1, -0.05) is 19.9 Å². The zero-order chi connectivity index (χ0) is 11.6. The summed E-state index contributed by atoms with van der Waals surface area (Å²) in [5, 5.41) is 0. The molecule has 0 saturated heterocycles. The number of methoxy groups -OCH3 is 1. The van der Waals surface area contributed by atoms with E-state index in [2.05, 4.69) is 52.5 Å². The molecule has 0 aliphatic heterocycles. The van der Waals surface area contributed by atoms with Crippen molar-refractivity contribution in [2.24, 2.45) is 0 Å². The van der Waals surface area contributed by atoms with Crippen molar-refractivity contribution < 1.29 is 4.74 Å². The highest BCUT2D eigenvalue weighted by molar-refractivity contribution is 7.80. The summed E-state index contributed by atoms with van der Waals surface area (Å²) in [7, 11) is 1.71. The second-order valence-corrected chi connectivity index (χ2v) is 4.99. The highest BCUT2D eigenvalue weighted by Gasteiger charge is 2.21. The number of ether oxygens (including phenoxy) is 1. The Bertz CT molecular complexity index is 356. The predicted octanol–water partition coefficient (Wildman–Crippen LogP) is 3.52. The molecule has 0 aliphatic carbocycles. The minimum absolute atomic E-state index is 0.115. The van der Waals surface area contributed by atoms with Crippen LogP contribution in [0.1, 0.15) is 30.5 Å². The molecule has 0 aliphatic rings. The van der Waals surface area contributed by atoms with Crippen LogP contribution in [0.4, 0.5) is 0 Å². The smallest absolute Gasteiger partial charge is 0.122 e. The van der Waals surface area contributed by atoms with E-state index in [0.29, 0.717) is 0 Å². The molecule has 0 atom stereocenters. The molecule has 1 aromatic rings. The molecule has 0 unspecified atom stereocenters. The van der Waals surface area contributed by atoms with Gasteiger partial charge in [-0.15, -0.1) is 0 Å². The van der Waals surface area contributed by atoms with Crippen molar-refractivity contribution in [3.05, 3.63) is 28.8 Å². The highest BCUT2D eigenvalue weighted by atomic mass is 32.1. The molecule has 0 radical (unpaired) electrons. The molecular weight excluding hydrogens is 204 g/mol. The van der Waals surface area contributed by atoms with Crippen molar-refractivity contribution in [1.82, 2.24) is 0 Å². The summed E-state index contributed by atoms with van der Waals surface area (Å²) in [5.41, 5.74) is 3.93. The molecule has 0 amide bonds. The fraction of sp³-hybridized carbons (Fsp3) is 0.538. The average Bonchev–Trinajstić information content (AvgIpc) is 2.20. The third-order valence-electron chi connectivity index (χ3n) is 2.87. The topological polar surface area (TPSA) is 9.23 Å². The third-order valence-corrected chi connectivity index (χ3v) is 3.66. The van der Waals surface area contributed by atoms with Gasteiger partial charge in [-0.05, 0) is 47.8 Å². The summed E-state index contributed by atoms with van der Waals surface area (Å²) in [6, 6.07) is 4.32. The lowest BCUT2D eigenvalue weighted by Gasteiger charge is -2.26. The van der Waals surface area contributed by atoms with E-state index in [1.807, 2.05) is 0 Å². The normalized spacial score (nSPS) is 11.6. The first-order valence-electron chi connectivity index (χ1n) is 5.19. The molecule has 0 fully saturated rings. The molecule has 15 heavy (non-hydrogen) atoms. The molecule has 2 heteroatoms. The van der Waals surface area contributed by atoms with Gasteiger partial charge in [0.15, 0.2) is 0 Å². The first kappa shape index (κ1) is 12.4. The Labute approximate surface area is 98.3 Å². The van der Waals surface area contributed by atoms with E-state index in [9.17, 15) is 0 Å². The van der Waals surface area contributed by atoms with Crippen molar-refractivity contribution in [3.8, 4) is 5.75 Å². The van der Waals surface area contributed by atoms with Crippen LogP contribution in [-0.4, -0.2) is 12.9 Å². The molecule has 1 nitrogen and oxygen atoms in total. The zero-order valence-electron chi connectivity index (χ0n) is 10.2. The molecular formula is C13H20OS. The number of thiol groups is 1. The molecule has 0 aromatic heterocycles. The number of hydrogen-bond donors (Lipinski definition) is 1. The van der Waals surface area contributed by atoms with Gasteiger partial charge >= 0.3 is 0 Å². The summed E-state index contributed by atoms with van der Waals surface area (Å²) >= 11 is 4.41. The maximum Gasteiger partial charge on any atom is 0.122 e. The average molecular weight is 224 g/mol. The predicted molar refractivity (Wildman–Crippen MR) is 69.3 cm³/mol. The lowest BCUT2D eigenvalue weighted by atomic mass is 9.83. The van der Waals surface area contributed by atoms with Gasteiger partial charge in [0, 0.05) is 0 Å². The standard InChI is InChI=1S/C13H20OS/c1-9-7-12(14-5)10(2)6-11(9)13(3,4)8-15/h6-7,15H,8H2,1-5H3. The van der Waals surface area contributed by atoms with Crippen LogP contribution in [0, 0.1) is 13.8 Å². The lowest BCUT2D eigenvalue weighted by Crippen LogP contribution is -2.20. The van der Waals surface area contributed by atoms with Crippen LogP contribution < -0.4 is 4.74 Å². The summed E-state index contributed by atoms with van der Waals surface area (Å²) in [6.45, 7) is 8.64. The fourth-order valence-corrected chi connectivity index (χ4v) is 1.99. The Balaban J connectivity index is 3.28. The quantitative estimate of drug-likeness (QED) is 0.773. The molecule has 0 spiro atoms. The second kappa shape index (κ2) is 4.48. The molecule has 0 bridgehead atoms. The van der Waals surface area contributed by atoms with Crippen molar-refractivity contribution in [2.75, 3.05) is 12.9 Å². The van der Waals surface area contributed by atoms with E-state index < -0.39 is 0 Å². The van der Waals surface area contributed by atoms with Gasteiger partial charge in [0.2, 0.25) is 0 Å². The van der Waals surface area contributed by atoms with Crippen molar-refractivity contribution in [3.63, 3.8) is 0 Å². The van der Waals surface area contributed by atoms with Crippen LogP contribution in [0.5, 0.6) is 5.75 Å². The van der Waals surface area contributed by atoms with E-state index in [1.165, 1.54) is 16.7 Å². The molecule has 0 saturated carbocycles. The van der Waals surface area contributed by atoms with Crippen LogP contribution in [0.3, 0.4) is 0 Å². The number of aryl methyl sites for hydroxylation is 2. The SMILES string of the molecule is COc1cc(C)c(C(C)(C)CS)cc1C. The summed E-state index contributed by atoms with van der Waals surface area (Å²) in [6.07, 6.45) is 0. The van der Waals surface area contributed by atoms with Crippen LogP contribution in [0.25, 0.3) is 0 Å². The summed E-state index contributed by atoms with van der Waals surface area (Å²) in [5.74, 6) is 1.81. The van der Waals surface area contributed by atoms with Crippen LogP contribution in [0.2, 0.25) is 0 Å². The maximum atomic E-state index is 5.31. The molecule has 0 N–H and O–H groups in total. The van der Waals surface area contributed by atoms with Gasteiger partial charge in [0.05, 0.1) is 7.11 Å². The summed E-state index contributed by atoms with van der Waals surface area (Å²) in [4.78, 5) is 0. The maximum absolute atomic E-state index is 5.31. The largest absolute Gasteiger partial charge is 0.496 e. The van der Waals surface area contributed by atoms with E-state index in [0.717, 1.165) is 11.5 Å².